The third-order valence-corrected chi connectivity index (χ3v) is 5.86. The van der Waals surface area contributed by atoms with Crippen LogP contribution in [-0.4, -0.2) is 50.3 Å². The molecule has 1 unspecified atom stereocenters. The highest BCUT2D eigenvalue weighted by Crippen LogP contribution is 2.24. The summed E-state index contributed by atoms with van der Waals surface area (Å²) >= 11 is 0. The number of nitro benzene ring substituents is 1. The fraction of sp³-hybridized carbons (Fsp3) is 0.348. The Bertz CT molecular complexity index is 1170. The first-order chi connectivity index (χ1) is 15.5. The number of nitrogens with zero attached hydrogens (tertiary/aromatic N) is 4. The Kier molecular flexibility index (Phi) is 6.16. The van der Waals surface area contributed by atoms with Crippen LogP contribution in [0.25, 0.3) is 11.0 Å². The molecule has 2 aromatic carbocycles. The minimum Gasteiger partial charge on any atom is -0.354 e. The molecule has 4 rings (SSSR count). The molecule has 1 fully saturated rings. The molecule has 3 aromatic rings. The van der Waals surface area contributed by atoms with Gasteiger partial charge in [0.2, 0.25) is 5.91 Å². The van der Waals surface area contributed by atoms with E-state index in [2.05, 4.69) is 14.9 Å². The minimum atomic E-state index is -0.521. The number of likely N-dealkylation sites (tertiary alicyclic amines) is 1. The van der Waals surface area contributed by atoms with Gasteiger partial charge in [-0.05, 0) is 50.5 Å². The average Bonchev–Trinajstić information content (AvgIpc) is 3.43. The van der Waals surface area contributed by atoms with Gasteiger partial charge in [0.05, 0.1) is 22.3 Å². The molecular weight excluding hydrogens is 410 g/mol. The van der Waals surface area contributed by atoms with E-state index in [1.54, 1.807) is 18.2 Å². The summed E-state index contributed by atoms with van der Waals surface area (Å²) in [6.07, 6.45) is 3.90. The molecule has 9 heteroatoms. The molecule has 1 aliphatic heterocycles. The van der Waals surface area contributed by atoms with Crippen LogP contribution in [0.4, 0.5) is 5.69 Å². The Morgan fingerprint density at radius 3 is 2.84 bits per heavy atom. The van der Waals surface area contributed by atoms with E-state index < -0.39 is 11.0 Å². The van der Waals surface area contributed by atoms with Crippen molar-refractivity contribution < 1.29 is 14.5 Å². The Morgan fingerprint density at radius 2 is 2.06 bits per heavy atom. The number of para-hydroxylation sites is 2. The average molecular weight is 435 g/mol. The van der Waals surface area contributed by atoms with Crippen molar-refractivity contribution in [1.29, 1.82) is 0 Å². The third kappa shape index (κ3) is 4.32. The zero-order chi connectivity index (χ0) is 22.7. The maximum absolute atomic E-state index is 13.0. The Hall–Kier alpha value is -3.75. The lowest BCUT2D eigenvalue weighted by Crippen LogP contribution is -2.46. The molecular formula is C23H25N5O4. The summed E-state index contributed by atoms with van der Waals surface area (Å²) in [5.74, 6) is -0.435. The molecule has 32 heavy (non-hydrogen) atoms. The van der Waals surface area contributed by atoms with Crippen molar-refractivity contribution in [2.45, 2.75) is 38.8 Å². The van der Waals surface area contributed by atoms with Gasteiger partial charge in [-0.25, -0.2) is 4.98 Å². The lowest BCUT2D eigenvalue weighted by molar-refractivity contribution is -0.385. The van der Waals surface area contributed by atoms with Crippen LogP contribution < -0.4 is 5.32 Å². The zero-order valence-electron chi connectivity index (χ0n) is 17.9. The van der Waals surface area contributed by atoms with Crippen LogP contribution in [0.15, 0.2) is 48.8 Å². The summed E-state index contributed by atoms with van der Waals surface area (Å²) in [6.45, 7) is 3.33. The molecule has 0 spiro atoms. The number of carbonyl (C=O) groups is 2. The third-order valence-electron chi connectivity index (χ3n) is 5.86. The summed E-state index contributed by atoms with van der Waals surface area (Å²) in [5, 5.41) is 14.0. The monoisotopic (exact) mass is 435 g/mol. The van der Waals surface area contributed by atoms with Gasteiger partial charge in [0.25, 0.3) is 11.6 Å². The normalized spacial score (nSPS) is 15.8. The molecule has 1 aromatic heterocycles. The Morgan fingerprint density at radius 1 is 1.25 bits per heavy atom. The number of amides is 2. The van der Waals surface area contributed by atoms with E-state index in [1.807, 2.05) is 24.3 Å². The number of hydrogen-bond acceptors (Lipinski definition) is 5. The number of nitrogens with one attached hydrogen (secondary N) is 1. The molecule has 0 saturated carbocycles. The molecule has 1 saturated heterocycles. The number of nitro groups is 1. The molecule has 0 bridgehead atoms. The van der Waals surface area contributed by atoms with E-state index in [0.717, 1.165) is 30.4 Å². The van der Waals surface area contributed by atoms with Crippen molar-refractivity contribution in [1.82, 2.24) is 19.8 Å². The lowest BCUT2D eigenvalue weighted by Gasteiger charge is -2.24. The standard InChI is InChI=1S/C23H25N5O4/c1-16-14-17(9-10-19(16)28(31)32)23(30)27-13-4-8-21(27)22(29)24-11-5-12-26-15-25-18-6-2-3-7-20(18)26/h2-3,6-7,9-10,14-15,21H,4-5,8,11-13H2,1H3,(H,24,29). The van der Waals surface area contributed by atoms with Gasteiger partial charge in [0.15, 0.2) is 0 Å². The molecule has 1 aliphatic rings. The highest BCUT2D eigenvalue weighted by molar-refractivity contribution is 5.98. The number of aromatic nitrogens is 2. The van der Waals surface area contributed by atoms with Crippen LogP contribution in [0.5, 0.6) is 0 Å². The van der Waals surface area contributed by atoms with Gasteiger partial charge in [-0.3, -0.25) is 19.7 Å². The van der Waals surface area contributed by atoms with Gasteiger partial charge < -0.3 is 14.8 Å². The smallest absolute Gasteiger partial charge is 0.272 e. The van der Waals surface area contributed by atoms with Gasteiger partial charge >= 0.3 is 0 Å². The molecule has 0 radical (unpaired) electrons. The number of aryl methyl sites for hydroxylation is 2. The van der Waals surface area contributed by atoms with Crippen LogP contribution in [-0.2, 0) is 11.3 Å². The quantitative estimate of drug-likeness (QED) is 0.348. The number of imidazole rings is 1. The highest BCUT2D eigenvalue weighted by atomic mass is 16.6. The van der Waals surface area contributed by atoms with Crippen LogP contribution in [0.2, 0.25) is 0 Å². The number of carbonyl (C=O) groups excluding carboxylic acids is 2. The van der Waals surface area contributed by atoms with Crippen LogP contribution in [0.1, 0.15) is 35.2 Å². The largest absolute Gasteiger partial charge is 0.354 e. The molecule has 1 N–H and O–H groups in total. The number of fused-ring (bicyclic) bond motifs is 1. The maximum Gasteiger partial charge on any atom is 0.272 e. The van der Waals surface area contributed by atoms with Crippen molar-refractivity contribution >= 4 is 28.5 Å². The fourth-order valence-electron chi connectivity index (χ4n) is 4.21. The fourth-order valence-corrected chi connectivity index (χ4v) is 4.21. The summed E-state index contributed by atoms with van der Waals surface area (Å²) in [6, 6.07) is 11.7. The molecule has 2 amide bonds. The van der Waals surface area contributed by atoms with E-state index in [0.29, 0.717) is 30.6 Å². The van der Waals surface area contributed by atoms with E-state index >= 15 is 0 Å². The van der Waals surface area contributed by atoms with Crippen LogP contribution in [0.3, 0.4) is 0 Å². The van der Waals surface area contributed by atoms with Crippen molar-refractivity contribution in [3.05, 3.63) is 70.0 Å². The second-order valence-electron chi connectivity index (χ2n) is 7.99. The number of benzene rings is 2. The first-order valence-corrected chi connectivity index (χ1v) is 10.7. The molecule has 166 valence electrons. The van der Waals surface area contributed by atoms with E-state index in [1.165, 1.54) is 18.2 Å². The Labute approximate surface area is 185 Å². The van der Waals surface area contributed by atoms with Gasteiger partial charge in [0.1, 0.15) is 6.04 Å². The van der Waals surface area contributed by atoms with Crippen molar-refractivity contribution in [2.75, 3.05) is 13.1 Å². The van der Waals surface area contributed by atoms with E-state index in [4.69, 9.17) is 0 Å². The second kappa shape index (κ2) is 9.17. The first-order valence-electron chi connectivity index (χ1n) is 10.7. The second-order valence-corrected chi connectivity index (χ2v) is 7.99. The maximum atomic E-state index is 13.0. The van der Waals surface area contributed by atoms with Gasteiger partial charge in [0, 0.05) is 36.8 Å². The zero-order valence-corrected chi connectivity index (χ0v) is 17.9. The topological polar surface area (TPSA) is 110 Å². The lowest BCUT2D eigenvalue weighted by atomic mass is 10.1. The molecule has 1 atom stereocenters. The summed E-state index contributed by atoms with van der Waals surface area (Å²) in [5.41, 5.74) is 2.76. The molecule has 2 heterocycles. The number of hydrogen-bond donors (Lipinski definition) is 1. The van der Waals surface area contributed by atoms with Crippen molar-refractivity contribution in [3.8, 4) is 0 Å². The molecule has 9 nitrogen and oxygen atoms in total. The van der Waals surface area contributed by atoms with Crippen molar-refractivity contribution in [2.24, 2.45) is 0 Å². The highest BCUT2D eigenvalue weighted by Gasteiger charge is 2.34. The SMILES string of the molecule is Cc1cc(C(=O)N2CCCC2C(=O)NCCCn2cnc3ccccc32)ccc1[N+](=O)[O-]. The predicted octanol–water partition coefficient (Wildman–Crippen LogP) is 3.06. The van der Waals surface area contributed by atoms with Crippen LogP contribution >= 0.6 is 0 Å². The van der Waals surface area contributed by atoms with Gasteiger partial charge in [-0.2, -0.15) is 0 Å². The predicted molar refractivity (Wildman–Crippen MR) is 119 cm³/mol. The van der Waals surface area contributed by atoms with Crippen molar-refractivity contribution in [3.63, 3.8) is 0 Å². The summed E-state index contributed by atoms with van der Waals surface area (Å²) in [7, 11) is 0. The minimum absolute atomic E-state index is 0.0251. The van der Waals surface area contributed by atoms with E-state index in [9.17, 15) is 19.7 Å². The summed E-state index contributed by atoms with van der Waals surface area (Å²) < 4.78 is 2.06. The molecule has 0 aliphatic carbocycles. The van der Waals surface area contributed by atoms with Gasteiger partial charge in [-0.1, -0.05) is 12.1 Å². The van der Waals surface area contributed by atoms with Crippen LogP contribution in [0, 0.1) is 17.0 Å². The number of rotatable bonds is 7. The first kappa shape index (κ1) is 21.5. The summed E-state index contributed by atoms with van der Waals surface area (Å²) in [4.78, 5) is 42.2. The Balaban J connectivity index is 1.33. The van der Waals surface area contributed by atoms with Gasteiger partial charge in [-0.15, -0.1) is 0 Å². The van der Waals surface area contributed by atoms with E-state index in [-0.39, 0.29) is 17.5 Å².